The Morgan fingerprint density at radius 3 is 2.52 bits per heavy atom. The van der Waals surface area contributed by atoms with Crippen molar-refractivity contribution in [1.29, 1.82) is 0 Å². The molecule has 0 fully saturated rings. The second-order valence-electron chi connectivity index (χ2n) is 4.41. The maximum absolute atomic E-state index is 13.9. The van der Waals surface area contributed by atoms with E-state index in [2.05, 4.69) is 0 Å². The first-order chi connectivity index (χ1) is 9.80. The molecule has 7 heteroatoms. The molecule has 1 amide bonds. The molecular formula is C14H11F4NOS. The minimum Gasteiger partial charge on any atom is -0.336 e. The lowest BCUT2D eigenvalue weighted by Gasteiger charge is -2.18. The van der Waals surface area contributed by atoms with E-state index in [1.165, 1.54) is 23.3 Å². The summed E-state index contributed by atoms with van der Waals surface area (Å²) in [6, 6.07) is 6.28. The summed E-state index contributed by atoms with van der Waals surface area (Å²) in [6.45, 7) is 0.214. The van der Waals surface area contributed by atoms with Gasteiger partial charge in [-0.25, -0.2) is 4.39 Å². The van der Waals surface area contributed by atoms with Crippen LogP contribution in [-0.4, -0.2) is 17.9 Å². The van der Waals surface area contributed by atoms with Crippen molar-refractivity contribution in [2.75, 3.05) is 7.05 Å². The van der Waals surface area contributed by atoms with Crippen LogP contribution in [0.25, 0.3) is 0 Å². The molecule has 1 aromatic heterocycles. The van der Waals surface area contributed by atoms with Crippen molar-refractivity contribution >= 4 is 17.2 Å². The Balaban J connectivity index is 2.27. The number of halogens is 4. The highest BCUT2D eigenvalue weighted by atomic mass is 32.1. The van der Waals surface area contributed by atoms with Crippen LogP contribution in [0.4, 0.5) is 17.6 Å². The highest BCUT2D eigenvalue weighted by Crippen LogP contribution is 2.32. The van der Waals surface area contributed by atoms with E-state index >= 15 is 0 Å². The van der Waals surface area contributed by atoms with Gasteiger partial charge in [-0.3, -0.25) is 4.79 Å². The van der Waals surface area contributed by atoms with Crippen molar-refractivity contribution in [1.82, 2.24) is 4.90 Å². The van der Waals surface area contributed by atoms with Gasteiger partial charge in [-0.1, -0.05) is 12.1 Å². The molecule has 2 nitrogen and oxygen atoms in total. The summed E-state index contributed by atoms with van der Waals surface area (Å²) in [5.41, 5.74) is -2.01. The zero-order valence-electron chi connectivity index (χ0n) is 10.9. The van der Waals surface area contributed by atoms with Gasteiger partial charge in [0.25, 0.3) is 5.91 Å². The number of benzene rings is 1. The Labute approximate surface area is 122 Å². The zero-order valence-corrected chi connectivity index (χ0v) is 11.8. The normalized spacial score (nSPS) is 11.5. The fourth-order valence-electron chi connectivity index (χ4n) is 1.83. The summed E-state index contributed by atoms with van der Waals surface area (Å²) < 4.78 is 51.8. The van der Waals surface area contributed by atoms with Crippen LogP contribution in [-0.2, 0) is 12.7 Å². The SMILES string of the molecule is CN(Cc1cccs1)C(=O)c1cccc(C(F)(F)F)c1F. The van der Waals surface area contributed by atoms with Gasteiger partial charge in [-0.15, -0.1) is 11.3 Å². The first kappa shape index (κ1) is 15.5. The molecule has 0 spiro atoms. The summed E-state index contributed by atoms with van der Waals surface area (Å²) >= 11 is 1.41. The van der Waals surface area contributed by atoms with E-state index in [9.17, 15) is 22.4 Å². The molecule has 1 heterocycles. The van der Waals surface area contributed by atoms with Gasteiger partial charge in [-0.2, -0.15) is 13.2 Å². The quantitative estimate of drug-likeness (QED) is 0.778. The predicted molar refractivity (Wildman–Crippen MR) is 71.5 cm³/mol. The lowest BCUT2D eigenvalue weighted by molar-refractivity contribution is -0.140. The molecule has 21 heavy (non-hydrogen) atoms. The van der Waals surface area contributed by atoms with Gasteiger partial charge >= 0.3 is 6.18 Å². The highest BCUT2D eigenvalue weighted by Gasteiger charge is 2.36. The van der Waals surface area contributed by atoms with E-state index in [-0.39, 0.29) is 6.54 Å². The molecule has 0 saturated carbocycles. The topological polar surface area (TPSA) is 20.3 Å². The molecule has 0 N–H and O–H groups in total. The summed E-state index contributed by atoms with van der Waals surface area (Å²) in [5.74, 6) is -2.32. The number of alkyl halides is 3. The average Bonchev–Trinajstić information content (AvgIpc) is 2.89. The van der Waals surface area contributed by atoms with Gasteiger partial charge in [0.1, 0.15) is 5.82 Å². The highest BCUT2D eigenvalue weighted by molar-refractivity contribution is 7.09. The largest absolute Gasteiger partial charge is 0.419 e. The summed E-state index contributed by atoms with van der Waals surface area (Å²) in [6.07, 6.45) is -4.83. The second kappa shape index (κ2) is 5.85. The third kappa shape index (κ3) is 3.41. The molecule has 0 bridgehead atoms. The number of carbonyl (C=O) groups excluding carboxylic acids is 1. The Morgan fingerprint density at radius 2 is 1.95 bits per heavy atom. The number of rotatable bonds is 3. The standard InChI is InChI=1S/C14H11F4NOS/c1-19(8-9-4-3-7-21-9)13(20)10-5-2-6-11(12(10)15)14(16,17)18/h2-7H,8H2,1H3. The minimum absolute atomic E-state index is 0.214. The summed E-state index contributed by atoms with van der Waals surface area (Å²) in [4.78, 5) is 14.1. The van der Waals surface area contributed by atoms with Crippen molar-refractivity contribution in [3.05, 3.63) is 57.5 Å². The Morgan fingerprint density at radius 1 is 1.24 bits per heavy atom. The molecule has 112 valence electrons. The van der Waals surface area contributed by atoms with Crippen LogP contribution in [0.1, 0.15) is 20.8 Å². The van der Waals surface area contributed by atoms with Crippen molar-refractivity contribution in [3.8, 4) is 0 Å². The van der Waals surface area contributed by atoms with Gasteiger partial charge in [-0.05, 0) is 23.6 Å². The molecule has 2 aromatic rings. The molecule has 0 unspecified atom stereocenters. The number of hydrogen-bond donors (Lipinski definition) is 0. The molecule has 0 aliphatic carbocycles. The third-order valence-corrected chi connectivity index (χ3v) is 3.72. The fourth-order valence-corrected chi connectivity index (χ4v) is 2.59. The Hall–Kier alpha value is -1.89. The smallest absolute Gasteiger partial charge is 0.336 e. The molecular weight excluding hydrogens is 306 g/mol. The van der Waals surface area contributed by atoms with Crippen molar-refractivity contribution in [3.63, 3.8) is 0 Å². The van der Waals surface area contributed by atoms with Crippen LogP contribution in [0.2, 0.25) is 0 Å². The molecule has 0 aliphatic rings. The predicted octanol–water partition coefficient (Wildman–Crippen LogP) is 4.18. The first-order valence-corrected chi connectivity index (χ1v) is 6.82. The van der Waals surface area contributed by atoms with Gasteiger partial charge < -0.3 is 4.90 Å². The van der Waals surface area contributed by atoms with E-state index in [0.29, 0.717) is 6.07 Å². The van der Waals surface area contributed by atoms with Crippen molar-refractivity contribution in [2.45, 2.75) is 12.7 Å². The third-order valence-electron chi connectivity index (χ3n) is 2.85. The number of amides is 1. The van der Waals surface area contributed by atoms with Crippen LogP contribution in [0.15, 0.2) is 35.7 Å². The molecule has 0 saturated heterocycles. The van der Waals surface area contributed by atoms with Crippen LogP contribution in [0.3, 0.4) is 0 Å². The number of carbonyl (C=O) groups is 1. The van der Waals surface area contributed by atoms with Gasteiger partial charge in [0.05, 0.1) is 17.7 Å². The second-order valence-corrected chi connectivity index (χ2v) is 5.44. The zero-order chi connectivity index (χ0) is 15.6. The van der Waals surface area contributed by atoms with E-state index in [1.807, 2.05) is 5.38 Å². The molecule has 0 radical (unpaired) electrons. The van der Waals surface area contributed by atoms with Gasteiger partial charge in [0.15, 0.2) is 0 Å². The monoisotopic (exact) mass is 317 g/mol. The number of hydrogen-bond acceptors (Lipinski definition) is 2. The minimum atomic E-state index is -4.83. The van der Waals surface area contributed by atoms with E-state index in [1.54, 1.807) is 12.1 Å². The number of thiophene rings is 1. The lowest BCUT2D eigenvalue weighted by Crippen LogP contribution is -2.27. The molecule has 0 aliphatic heterocycles. The van der Waals surface area contributed by atoms with Crippen molar-refractivity contribution < 1.29 is 22.4 Å². The summed E-state index contributed by atoms with van der Waals surface area (Å²) in [5, 5.41) is 1.82. The maximum Gasteiger partial charge on any atom is 0.419 e. The van der Waals surface area contributed by atoms with Gasteiger partial charge in [0, 0.05) is 11.9 Å². The van der Waals surface area contributed by atoms with Crippen LogP contribution in [0.5, 0.6) is 0 Å². The lowest BCUT2D eigenvalue weighted by atomic mass is 10.1. The Kier molecular flexibility index (Phi) is 4.32. The van der Waals surface area contributed by atoms with Crippen LogP contribution in [0, 0.1) is 5.82 Å². The van der Waals surface area contributed by atoms with E-state index in [4.69, 9.17) is 0 Å². The summed E-state index contributed by atoms with van der Waals surface area (Å²) in [7, 11) is 1.42. The molecule has 0 atom stereocenters. The molecule has 2 rings (SSSR count). The average molecular weight is 317 g/mol. The molecule has 1 aromatic carbocycles. The Bertz CT molecular complexity index is 637. The first-order valence-electron chi connectivity index (χ1n) is 5.94. The fraction of sp³-hybridized carbons (Fsp3) is 0.214. The van der Waals surface area contributed by atoms with E-state index < -0.39 is 29.0 Å². The number of nitrogens with zero attached hydrogens (tertiary/aromatic N) is 1. The van der Waals surface area contributed by atoms with Crippen LogP contribution >= 0.6 is 11.3 Å². The van der Waals surface area contributed by atoms with Gasteiger partial charge in [0.2, 0.25) is 0 Å². The van der Waals surface area contributed by atoms with Crippen molar-refractivity contribution in [2.24, 2.45) is 0 Å². The van der Waals surface area contributed by atoms with E-state index in [0.717, 1.165) is 17.0 Å². The maximum atomic E-state index is 13.9. The van der Waals surface area contributed by atoms with Crippen LogP contribution < -0.4 is 0 Å².